The van der Waals surface area contributed by atoms with Crippen molar-refractivity contribution in [2.24, 2.45) is 0 Å². The Bertz CT molecular complexity index is 103. The molecule has 2 heteroatoms. The Morgan fingerprint density at radius 2 is 1.67 bits per heavy atom. The number of alkyl halides is 1. The maximum atomic E-state index is 12.7. The zero-order valence-corrected chi connectivity index (χ0v) is 5.44. The van der Waals surface area contributed by atoms with E-state index in [1.54, 1.807) is 0 Å². The van der Waals surface area contributed by atoms with Crippen molar-refractivity contribution in [3.8, 4) is 0 Å². The van der Waals surface area contributed by atoms with E-state index in [2.05, 4.69) is 5.32 Å². The Hall–Kier alpha value is -0.110. The largest absolute Gasteiger partial charge is 0.311 e. The summed E-state index contributed by atoms with van der Waals surface area (Å²) < 4.78 is 12.7. The predicted octanol–water partition coefficient (Wildman–Crippen LogP) is 1.24. The van der Waals surface area contributed by atoms with Gasteiger partial charge in [0, 0.05) is 12.1 Å². The summed E-state index contributed by atoms with van der Waals surface area (Å²) in [7, 11) is 0. The molecule has 0 aromatic heterocycles. The lowest BCUT2D eigenvalue weighted by Gasteiger charge is -2.23. The second-order valence-electron chi connectivity index (χ2n) is 3.21. The lowest BCUT2D eigenvalue weighted by Crippen LogP contribution is -2.38. The van der Waals surface area contributed by atoms with Gasteiger partial charge in [-0.2, -0.15) is 0 Å². The SMILES string of the molecule is FC1C[C@H]2CC[C@@H](C1)N2. The van der Waals surface area contributed by atoms with Crippen molar-refractivity contribution in [2.45, 2.75) is 43.9 Å². The minimum absolute atomic E-state index is 0.510. The van der Waals surface area contributed by atoms with Crippen LogP contribution in [0.5, 0.6) is 0 Å². The predicted molar refractivity (Wildman–Crippen MR) is 34.1 cm³/mol. The zero-order valence-electron chi connectivity index (χ0n) is 5.44. The number of hydrogen-bond acceptors (Lipinski definition) is 1. The van der Waals surface area contributed by atoms with Crippen molar-refractivity contribution in [3.05, 3.63) is 0 Å². The van der Waals surface area contributed by atoms with Gasteiger partial charge in [-0.15, -0.1) is 0 Å². The molecule has 2 rings (SSSR count). The molecule has 9 heavy (non-hydrogen) atoms. The molecule has 0 saturated carbocycles. The van der Waals surface area contributed by atoms with Crippen LogP contribution in [-0.2, 0) is 0 Å². The topological polar surface area (TPSA) is 12.0 Å². The van der Waals surface area contributed by atoms with Crippen LogP contribution >= 0.6 is 0 Å². The molecule has 1 N–H and O–H groups in total. The van der Waals surface area contributed by atoms with Crippen LogP contribution in [0.1, 0.15) is 25.7 Å². The number of nitrogens with one attached hydrogen (secondary N) is 1. The molecule has 52 valence electrons. The molecular formula is C7H12FN. The first kappa shape index (κ1) is 5.66. The lowest BCUT2D eigenvalue weighted by molar-refractivity contribution is 0.220. The molecule has 2 bridgehead atoms. The monoisotopic (exact) mass is 129 g/mol. The molecule has 2 saturated heterocycles. The van der Waals surface area contributed by atoms with Crippen LogP contribution in [0.15, 0.2) is 0 Å². The molecule has 1 nitrogen and oxygen atoms in total. The summed E-state index contributed by atoms with van der Waals surface area (Å²) >= 11 is 0. The molecule has 1 unspecified atom stereocenters. The highest BCUT2D eigenvalue weighted by atomic mass is 19.1. The van der Waals surface area contributed by atoms with Crippen molar-refractivity contribution in [1.82, 2.24) is 5.32 Å². The summed E-state index contributed by atoms with van der Waals surface area (Å²) in [5.74, 6) is 0. The van der Waals surface area contributed by atoms with Crippen LogP contribution in [0.3, 0.4) is 0 Å². The van der Waals surface area contributed by atoms with E-state index in [0.29, 0.717) is 12.1 Å². The molecular weight excluding hydrogens is 117 g/mol. The van der Waals surface area contributed by atoms with E-state index < -0.39 is 6.17 Å². The molecule has 0 aliphatic carbocycles. The van der Waals surface area contributed by atoms with Gasteiger partial charge in [0.25, 0.3) is 0 Å². The van der Waals surface area contributed by atoms with Crippen LogP contribution in [0.4, 0.5) is 4.39 Å². The number of halogens is 1. The highest BCUT2D eigenvalue weighted by Gasteiger charge is 2.32. The van der Waals surface area contributed by atoms with Gasteiger partial charge < -0.3 is 5.32 Å². The van der Waals surface area contributed by atoms with Crippen molar-refractivity contribution in [2.75, 3.05) is 0 Å². The third-order valence-corrected chi connectivity index (χ3v) is 2.42. The average Bonchev–Trinajstić information content (AvgIpc) is 2.11. The van der Waals surface area contributed by atoms with Gasteiger partial charge >= 0.3 is 0 Å². The first-order valence-corrected chi connectivity index (χ1v) is 3.75. The summed E-state index contributed by atoms with van der Waals surface area (Å²) in [5, 5.41) is 3.38. The minimum Gasteiger partial charge on any atom is -0.311 e. The molecule has 3 atom stereocenters. The Morgan fingerprint density at radius 1 is 1.11 bits per heavy atom. The van der Waals surface area contributed by atoms with Crippen molar-refractivity contribution < 1.29 is 4.39 Å². The van der Waals surface area contributed by atoms with Gasteiger partial charge in [-0.05, 0) is 25.7 Å². The number of fused-ring (bicyclic) bond motifs is 2. The highest BCUT2D eigenvalue weighted by Crippen LogP contribution is 2.28. The highest BCUT2D eigenvalue weighted by molar-refractivity contribution is 4.91. The van der Waals surface area contributed by atoms with E-state index in [1.165, 1.54) is 12.8 Å². The van der Waals surface area contributed by atoms with E-state index >= 15 is 0 Å². The van der Waals surface area contributed by atoms with Crippen LogP contribution in [-0.4, -0.2) is 18.3 Å². The number of rotatable bonds is 0. The molecule has 2 heterocycles. The van der Waals surface area contributed by atoms with E-state index in [4.69, 9.17) is 0 Å². The average molecular weight is 129 g/mol. The van der Waals surface area contributed by atoms with Crippen molar-refractivity contribution in [1.29, 1.82) is 0 Å². The van der Waals surface area contributed by atoms with E-state index in [1.807, 2.05) is 0 Å². The Kier molecular flexibility index (Phi) is 1.22. The third kappa shape index (κ3) is 0.960. The fourth-order valence-electron chi connectivity index (χ4n) is 1.99. The van der Waals surface area contributed by atoms with Gasteiger partial charge in [0.2, 0.25) is 0 Å². The zero-order chi connectivity index (χ0) is 6.27. The molecule has 0 aromatic carbocycles. The third-order valence-electron chi connectivity index (χ3n) is 2.42. The second-order valence-corrected chi connectivity index (χ2v) is 3.21. The summed E-state index contributed by atoms with van der Waals surface area (Å²) in [6.07, 6.45) is 3.41. The van der Waals surface area contributed by atoms with Crippen molar-refractivity contribution >= 4 is 0 Å². The summed E-state index contributed by atoms with van der Waals surface area (Å²) in [6, 6.07) is 1.03. The maximum Gasteiger partial charge on any atom is 0.103 e. The summed E-state index contributed by atoms with van der Waals surface area (Å²) in [5.41, 5.74) is 0. The fourth-order valence-corrected chi connectivity index (χ4v) is 1.99. The Labute approximate surface area is 54.6 Å². The van der Waals surface area contributed by atoms with Crippen LogP contribution in [0.25, 0.3) is 0 Å². The smallest absolute Gasteiger partial charge is 0.103 e. The standard InChI is InChI=1S/C7H12FN/c8-5-3-6-1-2-7(4-5)9-6/h5-7,9H,1-4H2/t5?,6-,7+. The molecule has 0 amide bonds. The minimum atomic E-state index is -0.510. The first-order valence-electron chi connectivity index (χ1n) is 3.75. The number of piperidine rings is 1. The Balaban J connectivity index is 2.03. The number of hydrogen-bond donors (Lipinski definition) is 1. The van der Waals surface area contributed by atoms with Gasteiger partial charge in [-0.3, -0.25) is 0 Å². The lowest BCUT2D eigenvalue weighted by atomic mass is 10.0. The normalized spacial score (nSPS) is 49.7. The summed E-state index contributed by atoms with van der Waals surface area (Å²) in [4.78, 5) is 0. The molecule has 2 fully saturated rings. The van der Waals surface area contributed by atoms with Gasteiger partial charge in [-0.1, -0.05) is 0 Å². The van der Waals surface area contributed by atoms with Gasteiger partial charge in [-0.25, -0.2) is 4.39 Å². The molecule has 0 aromatic rings. The first-order chi connectivity index (χ1) is 4.34. The summed E-state index contributed by atoms with van der Waals surface area (Å²) in [6.45, 7) is 0. The molecule has 0 radical (unpaired) electrons. The van der Waals surface area contributed by atoms with Gasteiger partial charge in [0.1, 0.15) is 6.17 Å². The van der Waals surface area contributed by atoms with Gasteiger partial charge in [0.05, 0.1) is 0 Å². The van der Waals surface area contributed by atoms with Crippen LogP contribution in [0, 0.1) is 0 Å². The fraction of sp³-hybridized carbons (Fsp3) is 1.00. The van der Waals surface area contributed by atoms with E-state index in [-0.39, 0.29) is 0 Å². The second kappa shape index (κ2) is 1.94. The Morgan fingerprint density at radius 3 is 2.22 bits per heavy atom. The molecule has 0 spiro atoms. The maximum absolute atomic E-state index is 12.7. The van der Waals surface area contributed by atoms with Crippen molar-refractivity contribution in [3.63, 3.8) is 0 Å². The van der Waals surface area contributed by atoms with Crippen LogP contribution < -0.4 is 5.32 Å². The van der Waals surface area contributed by atoms with Crippen LogP contribution in [0.2, 0.25) is 0 Å². The molecule has 2 aliphatic rings. The molecule has 2 aliphatic heterocycles. The van der Waals surface area contributed by atoms with E-state index in [9.17, 15) is 4.39 Å². The van der Waals surface area contributed by atoms with Gasteiger partial charge in [0.15, 0.2) is 0 Å². The quantitative estimate of drug-likeness (QED) is 0.519. The van der Waals surface area contributed by atoms with E-state index in [0.717, 1.165) is 12.8 Å².